The van der Waals surface area contributed by atoms with Crippen molar-refractivity contribution in [3.8, 4) is 5.75 Å². The van der Waals surface area contributed by atoms with Gasteiger partial charge in [0, 0.05) is 37.5 Å². The van der Waals surface area contributed by atoms with Crippen LogP contribution in [0.15, 0.2) is 29.6 Å². The number of piperazine rings is 1. The Morgan fingerprint density at radius 1 is 1.23 bits per heavy atom. The van der Waals surface area contributed by atoms with Crippen molar-refractivity contribution >= 4 is 17.2 Å². The number of rotatable bonds is 6. The maximum atomic E-state index is 12.9. The minimum Gasteiger partial charge on any atom is -0.493 e. The van der Waals surface area contributed by atoms with Gasteiger partial charge in [-0.2, -0.15) is 0 Å². The van der Waals surface area contributed by atoms with Gasteiger partial charge in [-0.15, -0.1) is 11.3 Å². The molecule has 2 aromatic rings. The maximum Gasteiger partial charge on any atom is 0.257 e. The lowest BCUT2D eigenvalue weighted by Crippen LogP contribution is -2.48. The molecule has 26 heavy (non-hydrogen) atoms. The second-order valence-corrected chi connectivity index (χ2v) is 7.88. The fourth-order valence-electron chi connectivity index (χ4n) is 3.36. The number of carbonyl (C=O) groups excluding carboxylic acids is 1. The van der Waals surface area contributed by atoms with Crippen molar-refractivity contribution in [3.05, 3.63) is 45.9 Å². The Hall–Kier alpha value is -1.92. The van der Waals surface area contributed by atoms with Crippen molar-refractivity contribution in [1.82, 2.24) is 14.8 Å². The monoisotopic (exact) mass is 371 g/mol. The summed E-state index contributed by atoms with van der Waals surface area (Å²) in [5, 5.41) is 3.42. The molecule has 2 fully saturated rings. The van der Waals surface area contributed by atoms with Crippen molar-refractivity contribution in [2.75, 3.05) is 32.8 Å². The molecular formula is C20H25N3O2S. The summed E-state index contributed by atoms with van der Waals surface area (Å²) in [7, 11) is 0. The van der Waals surface area contributed by atoms with E-state index < -0.39 is 0 Å². The zero-order valence-electron chi connectivity index (χ0n) is 15.2. The molecule has 1 saturated carbocycles. The first-order chi connectivity index (χ1) is 12.7. The Kier molecular flexibility index (Phi) is 5.22. The van der Waals surface area contributed by atoms with Gasteiger partial charge >= 0.3 is 0 Å². The van der Waals surface area contributed by atoms with E-state index in [-0.39, 0.29) is 5.91 Å². The van der Waals surface area contributed by atoms with E-state index >= 15 is 0 Å². The number of hydrogen-bond acceptors (Lipinski definition) is 5. The number of aromatic nitrogens is 1. The lowest BCUT2D eigenvalue weighted by Gasteiger charge is -2.34. The van der Waals surface area contributed by atoms with Gasteiger partial charge in [-0.3, -0.25) is 9.69 Å². The minimum absolute atomic E-state index is 0.0685. The topological polar surface area (TPSA) is 45.7 Å². The number of hydrogen-bond donors (Lipinski definition) is 0. The molecule has 0 unspecified atom stereocenters. The Bertz CT molecular complexity index is 764. The molecule has 1 saturated heterocycles. The summed E-state index contributed by atoms with van der Waals surface area (Å²) in [5.41, 5.74) is 1.95. The summed E-state index contributed by atoms with van der Waals surface area (Å²) < 4.78 is 5.61. The fourth-order valence-corrected chi connectivity index (χ4v) is 4.28. The zero-order valence-corrected chi connectivity index (χ0v) is 16.0. The summed E-state index contributed by atoms with van der Waals surface area (Å²) in [4.78, 5) is 22.0. The summed E-state index contributed by atoms with van der Waals surface area (Å²) >= 11 is 1.77. The Morgan fingerprint density at radius 3 is 2.73 bits per heavy atom. The van der Waals surface area contributed by atoms with Crippen molar-refractivity contribution < 1.29 is 9.53 Å². The number of ether oxygens (including phenoxy) is 1. The third-order valence-electron chi connectivity index (χ3n) is 5.00. The molecule has 1 aromatic heterocycles. The quantitative estimate of drug-likeness (QED) is 0.781. The maximum absolute atomic E-state index is 12.9. The fraction of sp³-hybridized carbons (Fsp3) is 0.500. The van der Waals surface area contributed by atoms with Gasteiger partial charge in [-0.25, -0.2) is 4.98 Å². The van der Waals surface area contributed by atoms with E-state index in [9.17, 15) is 4.79 Å². The molecule has 5 nitrogen and oxygen atoms in total. The van der Waals surface area contributed by atoms with Gasteiger partial charge < -0.3 is 9.64 Å². The standard InChI is InChI=1S/C20H25N3O2S/c1-2-25-18-6-4-3-5-16(18)20(24)23-11-9-22(10-12-23)13-19-21-17(14-26-19)15-7-8-15/h3-6,14-15H,2,7-13H2,1H3. The summed E-state index contributed by atoms with van der Waals surface area (Å²) in [6, 6.07) is 7.52. The third-order valence-corrected chi connectivity index (χ3v) is 5.85. The number of benzene rings is 1. The first kappa shape index (κ1) is 17.5. The smallest absolute Gasteiger partial charge is 0.257 e. The van der Waals surface area contributed by atoms with E-state index in [1.54, 1.807) is 11.3 Å². The minimum atomic E-state index is 0.0685. The average Bonchev–Trinajstić information content (AvgIpc) is 3.42. The van der Waals surface area contributed by atoms with Crippen molar-refractivity contribution in [2.45, 2.75) is 32.2 Å². The van der Waals surface area contributed by atoms with E-state index in [2.05, 4.69) is 10.3 Å². The van der Waals surface area contributed by atoms with Gasteiger partial charge in [0.1, 0.15) is 10.8 Å². The first-order valence-corrected chi connectivity index (χ1v) is 10.3. The van der Waals surface area contributed by atoms with Crippen LogP contribution < -0.4 is 4.74 Å². The van der Waals surface area contributed by atoms with Gasteiger partial charge in [0.05, 0.1) is 24.4 Å². The summed E-state index contributed by atoms with van der Waals surface area (Å²) in [5.74, 6) is 1.47. The second-order valence-electron chi connectivity index (χ2n) is 6.94. The van der Waals surface area contributed by atoms with Crippen LogP contribution in [-0.4, -0.2) is 53.5 Å². The van der Waals surface area contributed by atoms with Crippen molar-refractivity contribution in [2.24, 2.45) is 0 Å². The molecule has 0 atom stereocenters. The molecule has 6 heteroatoms. The van der Waals surface area contributed by atoms with Crippen molar-refractivity contribution in [3.63, 3.8) is 0 Å². The molecule has 0 N–H and O–H groups in total. The van der Waals surface area contributed by atoms with Crippen LogP contribution >= 0.6 is 11.3 Å². The Balaban J connectivity index is 1.33. The van der Waals surface area contributed by atoms with Gasteiger partial charge in [0.25, 0.3) is 5.91 Å². The average molecular weight is 372 g/mol. The molecule has 0 bridgehead atoms. The molecule has 1 aromatic carbocycles. The highest BCUT2D eigenvalue weighted by atomic mass is 32.1. The van der Waals surface area contributed by atoms with Crippen LogP contribution in [-0.2, 0) is 6.54 Å². The largest absolute Gasteiger partial charge is 0.493 e. The molecule has 1 aliphatic heterocycles. The van der Waals surface area contributed by atoms with Gasteiger partial charge in [0.2, 0.25) is 0 Å². The van der Waals surface area contributed by atoms with Crippen LogP contribution in [0.1, 0.15) is 46.7 Å². The number of carbonyl (C=O) groups is 1. The third kappa shape index (κ3) is 3.91. The highest BCUT2D eigenvalue weighted by molar-refractivity contribution is 7.09. The highest BCUT2D eigenvalue weighted by Gasteiger charge is 2.27. The van der Waals surface area contributed by atoms with Gasteiger partial charge in [-0.05, 0) is 31.9 Å². The van der Waals surface area contributed by atoms with E-state index in [0.29, 0.717) is 17.9 Å². The van der Waals surface area contributed by atoms with Gasteiger partial charge in [0.15, 0.2) is 0 Å². The second kappa shape index (κ2) is 7.76. The Morgan fingerprint density at radius 2 is 2.00 bits per heavy atom. The number of thiazole rings is 1. The molecule has 0 radical (unpaired) electrons. The van der Waals surface area contributed by atoms with Crippen LogP contribution in [0.5, 0.6) is 5.75 Å². The van der Waals surface area contributed by atoms with Crippen molar-refractivity contribution in [1.29, 1.82) is 0 Å². The molecule has 2 aliphatic rings. The lowest BCUT2D eigenvalue weighted by atomic mass is 10.1. The number of amides is 1. The summed E-state index contributed by atoms with van der Waals surface area (Å²) in [6.07, 6.45) is 2.60. The summed E-state index contributed by atoms with van der Waals surface area (Å²) in [6.45, 7) is 6.68. The van der Waals surface area contributed by atoms with Crippen LogP contribution in [0, 0.1) is 0 Å². The molecule has 1 amide bonds. The zero-order chi connectivity index (χ0) is 17.9. The molecule has 2 heterocycles. The molecular weight excluding hydrogens is 346 g/mol. The SMILES string of the molecule is CCOc1ccccc1C(=O)N1CCN(Cc2nc(C3CC3)cs2)CC1. The molecule has 1 aliphatic carbocycles. The predicted molar refractivity (Wildman–Crippen MR) is 103 cm³/mol. The first-order valence-electron chi connectivity index (χ1n) is 9.42. The van der Waals surface area contributed by atoms with Crippen LogP contribution in [0.25, 0.3) is 0 Å². The van der Waals surface area contributed by atoms with E-state index in [0.717, 1.165) is 38.6 Å². The van der Waals surface area contributed by atoms with Crippen LogP contribution in [0.2, 0.25) is 0 Å². The van der Waals surface area contributed by atoms with E-state index in [4.69, 9.17) is 9.72 Å². The Labute approximate surface area is 158 Å². The molecule has 4 rings (SSSR count). The highest BCUT2D eigenvalue weighted by Crippen LogP contribution is 2.40. The van der Waals surface area contributed by atoms with E-state index in [1.807, 2.05) is 36.1 Å². The lowest BCUT2D eigenvalue weighted by molar-refractivity contribution is 0.0624. The number of para-hydroxylation sites is 1. The predicted octanol–water partition coefficient (Wildman–Crippen LogP) is 3.38. The van der Waals surface area contributed by atoms with Crippen LogP contribution in [0.3, 0.4) is 0 Å². The van der Waals surface area contributed by atoms with Gasteiger partial charge in [-0.1, -0.05) is 12.1 Å². The molecule has 0 spiro atoms. The normalized spacial score (nSPS) is 18.1. The van der Waals surface area contributed by atoms with Crippen LogP contribution in [0.4, 0.5) is 0 Å². The van der Waals surface area contributed by atoms with E-state index in [1.165, 1.54) is 23.5 Å². The molecule has 138 valence electrons. The number of nitrogens with zero attached hydrogens (tertiary/aromatic N) is 3.